The molecule has 2 aromatic heterocycles. The summed E-state index contributed by atoms with van der Waals surface area (Å²) in [6.45, 7) is 0. The van der Waals surface area contributed by atoms with Crippen LogP contribution in [0, 0.1) is 0 Å². The predicted molar refractivity (Wildman–Crippen MR) is 50.8 cm³/mol. The molecule has 0 radical (unpaired) electrons. The Hall–Kier alpha value is -1.36. The largest absolute Gasteiger partial charge is 0.261 e. The zero-order valence-electron chi connectivity index (χ0n) is 6.55. The van der Waals surface area contributed by atoms with E-state index in [0.29, 0.717) is 11.5 Å². The van der Waals surface area contributed by atoms with E-state index in [2.05, 4.69) is 35.9 Å². The van der Waals surface area contributed by atoms with Crippen molar-refractivity contribution in [1.82, 2.24) is 19.9 Å². The molecule has 13 heavy (non-hydrogen) atoms. The van der Waals surface area contributed by atoms with E-state index in [1.54, 1.807) is 30.9 Å². The smallest absolute Gasteiger partial charge is 0.180 e. The van der Waals surface area contributed by atoms with Crippen LogP contribution in [0.25, 0.3) is 11.5 Å². The Bertz CT molecular complexity index is 404. The molecular weight excluding hydrogens is 232 g/mol. The van der Waals surface area contributed by atoms with Gasteiger partial charge in [0.15, 0.2) is 5.82 Å². The second kappa shape index (κ2) is 3.57. The van der Waals surface area contributed by atoms with Crippen LogP contribution < -0.4 is 0 Å². The Labute approximate surface area is 83.2 Å². The lowest BCUT2D eigenvalue weighted by molar-refractivity contribution is 1.09. The lowest BCUT2D eigenvalue weighted by Gasteiger charge is -1.96. The molecule has 4 nitrogen and oxygen atoms in total. The quantitative estimate of drug-likeness (QED) is 0.708. The molecule has 0 fully saturated rings. The SMILES string of the molecule is Brc1ccnc(-c2cnccn2)n1. The second-order valence-electron chi connectivity index (χ2n) is 2.29. The van der Waals surface area contributed by atoms with E-state index in [4.69, 9.17) is 0 Å². The van der Waals surface area contributed by atoms with Gasteiger partial charge in [0, 0.05) is 18.6 Å². The highest BCUT2D eigenvalue weighted by Crippen LogP contribution is 2.11. The van der Waals surface area contributed by atoms with Gasteiger partial charge in [-0.3, -0.25) is 4.98 Å². The predicted octanol–water partition coefficient (Wildman–Crippen LogP) is 1.70. The Balaban J connectivity index is 2.48. The van der Waals surface area contributed by atoms with Crippen molar-refractivity contribution in [3.05, 3.63) is 35.5 Å². The van der Waals surface area contributed by atoms with Crippen molar-refractivity contribution in [2.45, 2.75) is 0 Å². The third kappa shape index (κ3) is 1.86. The number of rotatable bonds is 1. The summed E-state index contributed by atoms with van der Waals surface area (Å²) in [6.07, 6.45) is 6.52. The minimum atomic E-state index is 0.572. The summed E-state index contributed by atoms with van der Waals surface area (Å²) in [6, 6.07) is 1.76. The molecule has 2 aromatic rings. The highest BCUT2D eigenvalue weighted by molar-refractivity contribution is 9.10. The number of nitrogens with zero attached hydrogens (tertiary/aromatic N) is 4. The van der Waals surface area contributed by atoms with Crippen molar-refractivity contribution in [2.24, 2.45) is 0 Å². The van der Waals surface area contributed by atoms with Gasteiger partial charge >= 0.3 is 0 Å². The normalized spacial score (nSPS) is 9.92. The second-order valence-corrected chi connectivity index (χ2v) is 3.11. The van der Waals surface area contributed by atoms with Crippen LogP contribution in [-0.2, 0) is 0 Å². The molecule has 0 bridgehead atoms. The van der Waals surface area contributed by atoms with Crippen LogP contribution in [0.3, 0.4) is 0 Å². The molecule has 0 aliphatic heterocycles. The molecule has 0 aliphatic carbocycles. The Morgan fingerprint density at radius 2 is 2.00 bits per heavy atom. The van der Waals surface area contributed by atoms with Crippen LogP contribution in [0.15, 0.2) is 35.5 Å². The van der Waals surface area contributed by atoms with Crippen molar-refractivity contribution >= 4 is 15.9 Å². The molecule has 0 atom stereocenters. The number of hydrogen-bond acceptors (Lipinski definition) is 4. The Kier molecular flexibility index (Phi) is 2.27. The zero-order valence-corrected chi connectivity index (χ0v) is 8.14. The summed E-state index contributed by atoms with van der Waals surface area (Å²) in [5, 5.41) is 0. The van der Waals surface area contributed by atoms with Crippen LogP contribution in [0.1, 0.15) is 0 Å². The third-order valence-electron chi connectivity index (χ3n) is 1.41. The molecule has 0 unspecified atom stereocenters. The number of halogens is 1. The number of hydrogen-bond donors (Lipinski definition) is 0. The fourth-order valence-electron chi connectivity index (χ4n) is 0.875. The van der Waals surface area contributed by atoms with Gasteiger partial charge in [-0.05, 0) is 22.0 Å². The van der Waals surface area contributed by atoms with Crippen LogP contribution in [0.2, 0.25) is 0 Å². The fraction of sp³-hybridized carbons (Fsp3) is 0. The van der Waals surface area contributed by atoms with E-state index in [-0.39, 0.29) is 0 Å². The summed E-state index contributed by atoms with van der Waals surface area (Å²) < 4.78 is 0.739. The van der Waals surface area contributed by atoms with Gasteiger partial charge in [0.2, 0.25) is 0 Å². The minimum absolute atomic E-state index is 0.572. The maximum atomic E-state index is 4.15. The highest BCUT2D eigenvalue weighted by Gasteiger charge is 2.01. The lowest BCUT2D eigenvalue weighted by Crippen LogP contribution is -1.91. The molecule has 5 heteroatoms. The molecular formula is C8H5BrN4. The Morgan fingerprint density at radius 1 is 1.08 bits per heavy atom. The van der Waals surface area contributed by atoms with Crippen molar-refractivity contribution in [3.63, 3.8) is 0 Å². The van der Waals surface area contributed by atoms with Gasteiger partial charge in [-0.1, -0.05) is 0 Å². The van der Waals surface area contributed by atoms with E-state index in [0.717, 1.165) is 4.60 Å². The first-order valence-corrected chi connectivity index (χ1v) is 4.40. The maximum absolute atomic E-state index is 4.15. The molecule has 0 N–H and O–H groups in total. The molecule has 64 valence electrons. The van der Waals surface area contributed by atoms with Gasteiger partial charge in [-0.15, -0.1) is 0 Å². The van der Waals surface area contributed by atoms with Crippen molar-refractivity contribution in [2.75, 3.05) is 0 Å². The molecule has 0 amide bonds. The Morgan fingerprint density at radius 3 is 2.69 bits per heavy atom. The van der Waals surface area contributed by atoms with E-state index >= 15 is 0 Å². The van der Waals surface area contributed by atoms with Crippen LogP contribution in [0.4, 0.5) is 0 Å². The first-order valence-electron chi connectivity index (χ1n) is 3.61. The van der Waals surface area contributed by atoms with Gasteiger partial charge in [-0.2, -0.15) is 0 Å². The molecule has 0 saturated carbocycles. The van der Waals surface area contributed by atoms with Gasteiger partial charge in [0.05, 0.1) is 6.20 Å². The maximum Gasteiger partial charge on any atom is 0.180 e. The zero-order chi connectivity index (χ0) is 9.10. The molecule has 0 aromatic carbocycles. The van der Waals surface area contributed by atoms with Crippen molar-refractivity contribution in [3.8, 4) is 11.5 Å². The van der Waals surface area contributed by atoms with E-state index < -0.39 is 0 Å². The van der Waals surface area contributed by atoms with Crippen molar-refractivity contribution < 1.29 is 0 Å². The third-order valence-corrected chi connectivity index (χ3v) is 1.86. The summed E-state index contributed by atoms with van der Waals surface area (Å²) >= 11 is 3.26. The van der Waals surface area contributed by atoms with Crippen LogP contribution in [-0.4, -0.2) is 19.9 Å². The average molecular weight is 237 g/mol. The van der Waals surface area contributed by atoms with Gasteiger partial charge < -0.3 is 0 Å². The molecule has 0 aliphatic rings. The summed E-state index contributed by atoms with van der Waals surface area (Å²) in [5.74, 6) is 0.572. The van der Waals surface area contributed by atoms with Gasteiger partial charge in [0.25, 0.3) is 0 Å². The monoisotopic (exact) mass is 236 g/mol. The van der Waals surface area contributed by atoms with Gasteiger partial charge in [-0.25, -0.2) is 15.0 Å². The fourth-order valence-corrected chi connectivity index (χ4v) is 1.16. The number of aromatic nitrogens is 4. The van der Waals surface area contributed by atoms with E-state index in [1.165, 1.54) is 0 Å². The molecule has 0 spiro atoms. The molecule has 2 rings (SSSR count). The van der Waals surface area contributed by atoms with Crippen LogP contribution in [0.5, 0.6) is 0 Å². The van der Waals surface area contributed by atoms with E-state index in [9.17, 15) is 0 Å². The average Bonchev–Trinajstić information content (AvgIpc) is 2.19. The molecule has 0 saturated heterocycles. The van der Waals surface area contributed by atoms with Crippen molar-refractivity contribution in [1.29, 1.82) is 0 Å². The summed E-state index contributed by atoms with van der Waals surface area (Å²) in [5.41, 5.74) is 0.670. The van der Waals surface area contributed by atoms with Gasteiger partial charge in [0.1, 0.15) is 10.3 Å². The highest BCUT2D eigenvalue weighted by atomic mass is 79.9. The lowest BCUT2D eigenvalue weighted by atomic mass is 10.4. The van der Waals surface area contributed by atoms with Crippen LogP contribution >= 0.6 is 15.9 Å². The standard InChI is InChI=1S/C8H5BrN4/c9-7-1-2-12-8(13-7)6-5-10-3-4-11-6/h1-5H. The first-order chi connectivity index (χ1) is 6.36. The topological polar surface area (TPSA) is 51.6 Å². The minimum Gasteiger partial charge on any atom is -0.261 e. The molecule has 2 heterocycles. The summed E-state index contributed by atoms with van der Waals surface area (Å²) in [4.78, 5) is 16.2. The van der Waals surface area contributed by atoms with E-state index in [1.807, 2.05) is 0 Å². The summed E-state index contributed by atoms with van der Waals surface area (Å²) in [7, 11) is 0. The first kappa shape index (κ1) is 8.25.